The first-order valence-electron chi connectivity index (χ1n) is 12.1. The summed E-state index contributed by atoms with van der Waals surface area (Å²) in [4.78, 5) is 24.1. The minimum Gasteiger partial charge on any atom is -0.350 e. The molecule has 182 valence electrons. The number of benzene rings is 1. The van der Waals surface area contributed by atoms with Crippen molar-refractivity contribution >= 4 is 18.5 Å². The molecule has 0 saturated carbocycles. The predicted octanol–water partition coefficient (Wildman–Crippen LogP) is 3.48. The van der Waals surface area contributed by atoms with Crippen molar-refractivity contribution < 1.29 is 9.59 Å². The molecular formula is C27H39BN4O2. The Bertz CT molecular complexity index is 918. The molecule has 7 heteroatoms. The highest BCUT2D eigenvalue weighted by atomic mass is 16.2. The second kappa shape index (κ2) is 16.5. The number of amides is 2. The van der Waals surface area contributed by atoms with E-state index in [0.717, 1.165) is 24.6 Å². The van der Waals surface area contributed by atoms with E-state index in [-0.39, 0.29) is 31.6 Å². The average molecular weight is 462 g/mol. The predicted molar refractivity (Wildman–Crippen MR) is 141 cm³/mol. The highest BCUT2D eigenvalue weighted by Gasteiger charge is 2.25. The van der Waals surface area contributed by atoms with Gasteiger partial charge in [-0.2, -0.15) is 0 Å². The van der Waals surface area contributed by atoms with Crippen LogP contribution in [0.25, 0.3) is 0 Å². The second-order valence-electron chi connectivity index (χ2n) is 8.29. The molecule has 0 bridgehead atoms. The quantitative estimate of drug-likeness (QED) is 0.328. The van der Waals surface area contributed by atoms with E-state index < -0.39 is 0 Å². The van der Waals surface area contributed by atoms with Gasteiger partial charge in [-0.3, -0.25) is 9.59 Å². The van der Waals surface area contributed by atoms with Crippen LogP contribution >= 0.6 is 0 Å². The first-order chi connectivity index (χ1) is 16.4. The number of nitrogens with zero attached hydrogens (tertiary/aromatic N) is 1. The lowest BCUT2D eigenvalue weighted by atomic mass is 9.49. The van der Waals surface area contributed by atoms with Gasteiger partial charge in [-0.05, 0) is 44.0 Å². The summed E-state index contributed by atoms with van der Waals surface area (Å²) in [5.41, 5.74) is 4.64. The smallest absolute Gasteiger partial charge is 0.276 e. The fraction of sp³-hybridized carbons (Fsp3) is 0.444. The summed E-state index contributed by atoms with van der Waals surface area (Å²) < 4.78 is 0. The van der Waals surface area contributed by atoms with Gasteiger partial charge in [0.1, 0.15) is 0 Å². The molecule has 1 aromatic rings. The number of rotatable bonds is 12. The number of fused-ring (bicyclic) bond motifs is 1. The summed E-state index contributed by atoms with van der Waals surface area (Å²) >= 11 is 0. The van der Waals surface area contributed by atoms with Gasteiger partial charge in [0.2, 0.25) is 11.8 Å². The summed E-state index contributed by atoms with van der Waals surface area (Å²) in [7, 11) is 0. The number of hydrogen-bond acceptors (Lipinski definition) is 4. The average Bonchev–Trinajstić information content (AvgIpc) is 3.27. The maximum Gasteiger partial charge on any atom is 0.276 e. The molecule has 1 heterocycles. The van der Waals surface area contributed by atoms with Crippen LogP contribution in [0, 0.1) is 17.1 Å². The minimum atomic E-state index is -0.228. The fourth-order valence-corrected chi connectivity index (χ4v) is 3.76. The Labute approximate surface area is 205 Å². The molecular weight excluding hydrogens is 423 g/mol. The zero-order valence-electron chi connectivity index (χ0n) is 21.1. The first kappa shape index (κ1) is 28.9. The summed E-state index contributed by atoms with van der Waals surface area (Å²) in [6.45, 7) is 13.1. The number of nitrogens with one attached hydrogen (secondary N) is 3. The van der Waals surface area contributed by atoms with E-state index in [4.69, 9.17) is 5.26 Å². The lowest BCUT2D eigenvalue weighted by Gasteiger charge is -2.13. The Kier molecular flexibility index (Phi) is 14.0. The third kappa shape index (κ3) is 10.7. The van der Waals surface area contributed by atoms with Gasteiger partial charge in [-0.25, -0.2) is 5.26 Å². The van der Waals surface area contributed by atoms with Crippen LogP contribution in [0.15, 0.2) is 54.7 Å². The molecule has 0 aliphatic carbocycles. The first-order valence-corrected chi connectivity index (χ1v) is 12.1. The van der Waals surface area contributed by atoms with Crippen molar-refractivity contribution in [1.29, 1.82) is 5.26 Å². The Balaban J connectivity index is 0.00000281. The van der Waals surface area contributed by atoms with Gasteiger partial charge in [0.05, 0.1) is 13.1 Å². The molecule has 3 N–H and O–H groups in total. The largest absolute Gasteiger partial charge is 0.350 e. The monoisotopic (exact) mass is 462 g/mol. The third-order valence-corrected chi connectivity index (χ3v) is 5.50. The molecule has 0 saturated heterocycles. The van der Waals surface area contributed by atoms with Crippen molar-refractivity contribution in [3.05, 3.63) is 71.3 Å². The molecule has 1 unspecified atom stereocenters. The highest BCUT2D eigenvalue weighted by Crippen LogP contribution is 2.22. The molecule has 34 heavy (non-hydrogen) atoms. The molecule has 0 aromatic heterocycles. The molecule has 2 amide bonds. The van der Waals surface area contributed by atoms with Crippen molar-refractivity contribution in [1.82, 2.24) is 16.0 Å². The van der Waals surface area contributed by atoms with Gasteiger partial charge in [0.25, 0.3) is 6.71 Å². The molecule has 6 nitrogen and oxygen atoms in total. The van der Waals surface area contributed by atoms with E-state index in [0.29, 0.717) is 19.0 Å². The van der Waals surface area contributed by atoms with Gasteiger partial charge in [-0.1, -0.05) is 86.6 Å². The highest BCUT2D eigenvalue weighted by molar-refractivity contribution is 6.66. The van der Waals surface area contributed by atoms with Crippen LogP contribution in [0.1, 0.15) is 50.8 Å². The van der Waals surface area contributed by atoms with Gasteiger partial charge >= 0.3 is 0 Å². The molecule has 1 atom stereocenters. The van der Waals surface area contributed by atoms with Crippen molar-refractivity contribution in [2.45, 2.75) is 53.3 Å². The van der Waals surface area contributed by atoms with E-state index >= 15 is 0 Å². The fourth-order valence-electron chi connectivity index (χ4n) is 3.76. The van der Waals surface area contributed by atoms with E-state index in [2.05, 4.69) is 47.6 Å². The maximum absolute atomic E-state index is 12.1. The summed E-state index contributed by atoms with van der Waals surface area (Å²) in [5, 5.41) is 17.7. The van der Waals surface area contributed by atoms with Crippen LogP contribution in [0.4, 0.5) is 0 Å². The van der Waals surface area contributed by atoms with Gasteiger partial charge in [-0.15, -0.1) is 0 Å². The topological polar surface area (TPSA) is 94.0 Å². The number of hydrogen-bond donors (Lipinski definition) is 3. The summed E-state index contributed by atoms with van der Waals surface area (Å²) in [6.07, 6.45) is 10.3. The number of carbonyl (C=O) groups is 2. The number of nitriles is 1. The lowest BCUT2D eigenvalue weighted by molar-refractivity contribution is -0.125. The zero-order valence-corrected chi connectivity index (χ0v) is 21.1. The van der Waals surface area contributed by atoms with Crippen molar-refractivity contribution in [2.75, 3.05) is 19.6 Å². The lowest BCUT2D eigenvalue weighted by Crippen LogP contribution is -2.41. The molecule has 1 aromatic carbocycles. The molecule has 0 radical (unpaired) electrons. The molecule has 0 fully saturated rings. The van der Waals surface area contributed by atoms with Gasteiger partial charge in [0, 0.05) is 12.5 Å². The Morgan fingerprint density at radius 1 is 1.18 bits per heavy atom. The minimum absolute atomic E-state index is 0.0490. The number of carbonyl (C=O) groups excluding carboxylic acids is 2. The third-order valence-electron chi connectivity index (χ3n) is 5.50. The van der Waals surface area contributed by atoms with Crippen LogP contribution in [-0.4, -0.2) is 38.2 Å². The van der Waals surface area contributed by atoms with Crippen molar-refractivity contribution in [2.24, 2.45) is 5.92 Å². The van der Waals surface area contributed by atoms with Crippen molar-refractivity contribution in [3.63, 3.8) is 0 Å². The molecule has 0 spiro atoms. The van der Waals surface area contributed by atoms with Crippen LogP contribution in [0.5, 0.6) is 0 Å². The van der Waals surface area contributed by atoms with Crippen LogP contribution in [-0.2, 0) is 28.8 Å². The van der Waals surface area contributed by atoms with E-state index in [1.165, 1.54) is 16.7 Å². The zero-order chi connectivity index (χ0) is 25.3. The van der Waals surface area contributed by atoms with Gasteiger partial charge in [0.15, 0.2) is 0 Å². The van der Waals surface area contributed by atoms with E-state index in [1.54, 1.807) is 6.08 Å². The Morgan fingerprint density at radius 2 is 1.88 bits per heavy atom. The summed E-state index contributed by atoms with van der Waals surface area (Å²) in [5.74, 6) is 2.27. The Morgan fingerprint density at radius 3 is 2.56 bits per heavy atom. The Hall–Kier alpha value is -3.11. The molecule has 1 aliphatic heterocycles. The van der Waals surface area contributed by atoms with E-state index in [9.17, 15) is 9.59 Å². The maximum atomic E-state index is 12.1. The van der Waals surface area contributed by atoms with Crippen LogP contribution in [0.2, 0.25) is 0 Å². The SMILES string of the molecule is C=C/C=C\C(=C/C)CC(C)CNCC(=O)NCC(=O)NCc1ccc2c(c1)CB(C#N)C2.CC. The second-order valence-corrected chi connectivity index (χ2v) is 8.29. The number of allylic oxidation sites excluding steroid dienone is 5. The van der Waals surface area contributed by atoms with E-state index in [1.807, 2.05) is 45.1 Å². The standard InChI is InChI=1S/C25H33BN4O2.C2H6/c1-4-6-7-20(5-2)10-19(3)14-28-16-24(31)30-17-25(32)29-15-21-8-9-22-12-26(18-27)13-23(22)11-21;1-2/h4-9,11,19,28H,1,10,12-17H2,2-3H3,(H,29,32)(H,30,31);1-2H3/b7-6-,20-5+;. The van der Waals surface area contributed by atoms with Gasteiger partial charge < -0.3 is 16.0 Å². The van der Waals surface area contributed by atoms with Crippen LogP contribution in [0.3, 0.4) is 0 Å². The normalized spacial score (nSPS) is 13.4. The molecule has 2 rings (SSSR count). The molecule has 1 aliphatic rings. The van der Waals surface area contributed by atoms with Crippen LogP contribution < -0.4 is 16.0 Å². The van der Waals surface area contributed by atoms with Crippen molar-refractivity contribution in [3.8, 4) is 5.97 Å². The summed E-state index contributed by atoms with van der Waals surface area (Å²) in [6, 6.07) is 6.08.